The van der Waals surface area contributed by atoms with E-state index in [4.69, 9.17) is 0 Å². The fraction of sp³-hybridized carbons (Fsp3) is 0.182. The highest BCUT2D eigenvalue weighted by atomic mass is 16.1. The number of aromatic amines is 1. The van der Waals surface area contributed by atoms with Crippen molar-refractivity contribution in [1.82, 2.24) is 20.7 Å². The second-order valence-electron chi connectivity index (χ2n) is 3.35. The molecule has 0 atom stereocenters. The molecule has 1 amide bonds. The molecule has 2 aromatic rings. The second kappa shape index (κ2) is 5.06. The van der Waals surface area contributed by atoms with Crippen molar-refractivity contribution in [1.29, 1.82) is 0 Å². The maximum absolute atomic E-state index is 11.5. The van der Waals surface area contributed by atoms with Gasteiger partial charge in [-0.2, -0.15) is 15.4 Å². The van der Waals surface area contributed by atoms with E-state index in [2.05, 4.69) is 20.7 Å². The van der Waals surface area contributed by atoms with Gasteiger partial charge in [-0.15, -0.1) is 0 Å². The van der Waals surface area contributed by atoms with Gasteiger partial charge in [0.25, 0.3) is 5.91 Å². The van der Waals surface area contributed by atoms with Crippen LogP contribution in [0.2, 0.25) is 0 Å². The molecule has 0 bridgehead atoms. The van der Waals surface area contributed by atoms with Crippen molar-refractivity contribution in [3.8, 4) is 0 Å². The number of nitrogens with one attached hydrogen (secondary N) is 2. The van der Waals surface area contributed by atoms with Crippen molar-refractivity contribution in [3.63, 3.8) is 0 Å². The first-order chi connectivity index (χ1) is 7.86. The van der Waals surface area contributed by atoms with E-state index in [1.165, 1.54) is 11.8 Å². The number of aromatic nitrogens is 3. The number of benzene rings is 1. The van der Waals surface area contributed by atoms with Gasteiger partial charge >= 0.3 is 0 Å². The van der Waals surface area contributed by atoms with Gasteiger partial charge in [-0.1, -0.05) is 30.3 Å². The van der Waals surface area contributed by atoms with Gasteiger partial charge in [-0.25, -0.2) is 0 Å². The molecule has 16 heavy (non-hydrogen) atoms. The highest BCUT2D eigenvalue weighted by Gasteiger charge is 2.06. The lowest BCUT2D eigenvalue weighted by Crippen LogP contribution is -2.25. The van der Waals surface area contributed by atoms with Crippen LogP contribution >= 0.6 is 0 Å². The Morgan fingerprint density at radius 1 is 1.31 bits per heavy atom. The lowest BCUT2D eigenvalue weighted by Gasteiger charge is -2.02. The highest BCUT2D eigenvalue weighted by Crippen LogP contribution is 1.98. The van der Waals surface area contributed by atoms with Crippen molar-refractivity contribution in [3.05, 3.63) is 47.8 Å². The zero-order valence-electron chi connectivity index (χ0n) is 8.68. The van der Waals surface area contributed by atoms with E-state index in [0.29, 0.717) is 12.2 Å². The van der Waals surface area contributed by atoms with Crippen LogP contribution in [0.3, 0.4) is 0 Å². The molecule has 0 saturated carbocycles. The standard InChI is InChI=1S/C11H12N4O/c16-11(10-8-13-15-14-10)12-7-6-9-4-2-1-3-5-9/h1-5,8H,6-7H2,(H,12,16)(H,13,14,15). The Bertz CT molecular complexity index is 438. The summed E-state index contributed by atoms with van der Waals surface area (Å²) in [6.07, 6.45) is 2.21. The highest BCUT2D eigenvalue weighted by molar-refractivity contribution is 5.91. The molecular formula is C11H12N4O. The summed E-state index contributed by atoms with van der Waals surface area (Å²) in [6, 6.07) is 9.99. The minimum absolute atomic E-state index is 0.204. The van der Waals surface area contributed by atoms with Crippen LogP contribution in [-0.2, 0) is 6.42 Å². The van der Waals surface area contributed by atoms with Gasteiger partial charge in [0.15, 0.2) is 5.69 Å². The molecule has 0 spiro atoms. The van der Waals surface area contributed by atoms with E-state index in [-0.39, 0.29) is 5.91 Å². The Labute approximate surface area is 92.9 Å². The van der Waals surface area contributed by atoms with Crippen LogP contribution in [0.4, 0.5) is 0 Å². The average Bonchev–Trinajstić information content (AvgIpc) is 2.84. The van der Waals surface area contributed by atoms with Crippen LogP contribution in [0.1, 0.15) is 16.1 Å². The SMILES string of the molecule is O=C(NCCc1ccccc1)c1cn[nH]n1. The molecule has 0 aliphatic heterocycles. The second-order valence-corrected chi connectivity index (χ2v) is 3.35. The van der Waals surface area contributed by atoms with Crippen molar-refractivity contribution in [2.45, 2.75) is 6.42 Å². The van der Waals surface area contributed by atoms with E-state index < -0.39 is 0 Å². The van der Waals surface area contributed by atoms with E-state index in [0.717, 1.165) is 6.42 Å². The molecule has 82 valence electrons. The summed E-state index contributed by atoms with van der Waals surface area (Å²) < 4.78 is 0. The molecule has 2 N–H and O–H groups in total. The first kappa shape index (κ1) is 10.4. The summed E-state index contributed by atoms with van der Waals surface area (Å²) in [5.41, 5.74) is 1.51. The first-order valence-electron chi connectivity index (χ1n) is 5.04. The Morgan fingerprint density at radius 2 is 2.12 bits per heavy atom. The number of carbonyl (C=O) groups excluding carboxylic acids is 1. The largest absolute Gasteiger partial charge is 0.350 e. The van der Waals surface area contributed by atoms with Gasteiger partial charge in [-0.05, 0) is 12.0 Å². The van der Waals surface area contributed by atoms with Crippen molar-refractivity contribution in [2.75, 3.05) is 6.54 Å². The molecule has 0 unspecified atom stereocenters. The van der Waals surface area contributed by atoms with E-state index in [9.17, 15) is 4.79 Å². The Balaban J connectivity index is 1.79. The Kier molecular flexibility index (Phi) is 3.28. The fourth-order valence-electron chi connectivity index (χ4n) is 1.37. The summed E-state index contributed by atoms with van der Waals surface area (Å²) in [7, 11) is 0. The lowest BCUT2D eigenvalue weighted by molar-refractivity contribution is 0.0949. The summed E-state index contributed by atoms with van der Waals surface area (Å²) in [4.78, 5) is 11.5. The fourth-order valence-corrected chi connectivity index (χ4v) is 1.37. The molecule has 0 fully saturated rings. The van der Waals surface area contributed by atoms with E-state index in [1.807, 2.05) is 30.3 Å². The van der Waals surface area contributed by atoms with Gasteiger partial charge < -0.3 is 5.32 Å². The summed E-state index contributed by atoms with van der Waals surface area (Å²) in [5, 5.41) is 12.4. The molecule has 0 aliphatic carbocycles. The monoisotopic (exact) mass is 216 g/mol. The predicted molar refractivity (Wildman–Crippen MR) is 58.9 cm³/mol. The molecule has 1 aromatic carbocycles. The normalized spacial score (nSPS) is 10.0. The molecule has 0 radical (unpaired) electrons. The Morgan fingerprint density at radius 3 is 2.81 bits per heavy atom. The predicted octanol–water partition coefficient (Wildman–Crippen LogP) is 0.777. The average molecular weight is 216 g/mol. The smallest absolute Gasteiger partial charge is 0.273 e. The third-order valence-corrected chi connectivity index (χ3v) is 2.19. The number of nitrogens with zero attached hydrogens (tertiary/aromatic N) is 2. The molecule has 5 nitrogen and oxygen atoms in total. The van der Waals surface area contributed by atoms with Gasteiger partial charge in [0, 0.05) is 6.54 Å². The van der Waals surface area contributed by atoms with Crippen LogP contribution in [0, 0.1) is 0 Å². The topological polar surface area (TPSA) is 70.7 Å². The number of hydrogen-bond donors (Lipinski definition) is 2. The number of H-pyrrole nitrogens is 1. The lowest BCUT2D eigenvalue weighted by atomic mass is 10.1. The molecular weight excluding hydrogens is 204 g/mol. The zero-order valence-corrected chi connectivity index (χ0v) is 8.68. The third kappa shape index (κ3) is 2.66. The number of rotatable bonds is 4. The van der Waals surface area contributed by atoms with E-state index >= 15 is 0 Å². The van der Waals surface area contributed by atoms with Crippen LogP contribution in [0.25, 0.3) is 0 Å². The summed E-state index contributed by atoms with van der Waals surface area (Å²) in [6.45, 7) is 0.593. The number of hydrogen-bond acceptors (Lipinski definition) is 3. The molecule has 2 rings (SSSR count). The van der Waals surface area contributed by atoms with Crippen LogP contribution in [0.5, 0.6) is 0 Å². The van der Waals surface area contributed by atoms with Gasteiger partial charge in [0.2, 0.25) is 0 Å². The Hall–Kier alpha value is -2.17. The molecule has 0 aliphatic rings. The van der Waals surface area contributed by atoms with Crippen molar-refractivity contribution < 1.29 is 4.79 Å². The summed E-state index contributed by atoms with van der Waals surface area (Å²) in [5.74, 6) is -0.204. The molecule has 5 heteroatoms. The minimum Gasteiger partial charge on any atom is -0.350 e. The molecule has 1 heterocycles. The number of carbonyl (C=O) groups is 1. The van der Waals surface area contributed by atoms with Crippen molar-refractivity contribution >= 4 is 5.91 Å². The molecule has 0 saturated heterocycles. The van der Waals surface area contributed by atoms with Gasteiger partial charge in [-0.3, -0.25) is 4.79 Å². The van der Waals surface area contributed by atoms with Crippen LogP contribution in [-0.4, -0.2) is 27.9 Å². The maximum atomic E-state index is 11.5. The van der Waals surface area contributed by atoms with Gasteiger partial charge in [0.1, 0.15) is 0 Å². The summed E-state index contributed by atoms with van der Waals surface area (Å²) >= 11 is 0. The third-order valence-electron chi connectivity index (χ3n) is 2.19. The van der Waals surface area contributed by atoms with E-state index in [1.54, 1.807) is 0 Å². The van der Waals surface area contributed by atoms with Gasteiger partial charge in [0.05, 0.1) is 6.20 Å². The van der Waals surface area contributed by atoms with Crippen LogP contribution in [0.15, 0.2) is 36.5 Å². The minimum atomic E-state index is -0.204. The maximum Gasteiger partial charge on any atom is 0.273 e. The van der Waals surface area contributed by atoms with Crippen molar-refractivity contribution in [2.24, 2.45) is 0 Å². The quantitative estimate of drug-likeness (QED) is 0.793. The zero-order chi connectivity index (χ0) is 11.2. The van der Waals surface area contributed by atoms with Crippen LogP contribution < -0.4 is 5.32 Å². The molecule has 1 aromatic heterocycles. The first-order valence-corrected chi connectivity index (χ1v) is 5.04. The number of amides is 1.